The van der Waals surface area contributed by atoms with Crippen LogP contribution in [0.5, 0.6) is 0 Å². The van der Waals surface area contributed by atoms with Crippen molar-refractivity contribution in [3.05, 3.63) is 53.1 Å². The summed E-state index contributed by atoms with van der Waals surface area (Å²) in [7, 11) is -4.02. The van der Waals surface area contributed by atoms with Crippen molar-refractivity contribution in [1.29, 1.82) is 0 Å². The molecule has 2 N–H and O–H groups in total. The lowest BCUT2D eigenvalue weighted by molar-refractivity contribution is 0.0690. The molecule has 0 aliphatic carbocycles. The Bertz CT molecular complexity index is 811. The quantitative estimate of drug-likeness (QED) is 0.897. The van der Waals surface area contributed by atoms with E-state index in [0.717, 1.165) is 30.5 Å². The summed E-state index contributed by atoms with van der Waals surface area (Å²) in [4.78, 5) is 14.1. The van der Waals surface area contributed by atoms with Gasteiger partial charge in [0.2, 0.25) is 0 Å². The van der Waals surface area contributed by atoms with Gasteiger partial charge in [0.05, 0.1) is 15.6 Å². The number of aromatic nitrogens is 1. The van der Waals surface area contributed by atoms with Crippen LogP contribution in [-0.2, 0) is 10.0 Å². The maximum absolute atomic E-state index is 13.0. The van der Waals surface area contributed by atoms with E-state index in [1.165, 1.54) is 6.07 Å². The first-order valence-corrected chi connectivity index (χ1v) is 7.33. The molecule has 1 aromatic carbocycles. The topological polar surface area (TPSA) is 96.4 Å². The number of carboxylic acids is 1. The first-order valence-electron chi connectivity index (χ1n) is 5.47. The van der Waals surface area contributed by atoms with Crippen LogP contribution in [0.3, 0.4) is 0 Å². The molecule has 0 bridgehead atoms. The molecule has 0 spiro atoms. The van der Waals surface area contributed by atoms with Crippen LogP contribution in [0.15, 0.2) is 41.4 Å². The molecule has 0 amide bonds. The summed E-state index contributed by atoms with van der Waals surface area (Å²) in [5.41, 5.74) is -0.296. The SMILES string of the molecule is O=C(O)c1cc(NS(=O)(=O)c2ccc(F)c(Cl)c2)ccn1. The van der Waals surface area contributed by atoms with Crippen molar-refractivity contribution >= 4 is 33.3 Å². The van der Waals surface area contributed by atoms with Crippen LogP contribution in [0.2, 0.25) is 5.02 Å². The number of sulfonamides is 1. The van der Waals surface area contributed by atoms with Crippen molar-refractivity contribution in [3.63, 3.8) is 0 Å². The standard InChI is InChI=1S/C12H8ClFN2O4S/c13-9-6-8(1-2-10(9)14)21(19,20)16-7-3-4-15-11(5-7)12(17)18/h1-6H,(H,15,16)(H,17,18). The molecule has 1 aromatic heterocycles. The average Bonchev–Trinajstić information content (AvgIpc) is 2.41. The Morgan fingerprint density at radius 3 is 2.62 bits per heavy atom. The fourth-order valence-electron chi connectivity index (χ4n) is 1.47. The Labute approximate surface area is 124 Å². The largest absolute Gasteiger partial charge is 0.477 e. The predicted octanol–water partition coefficient (Wildman–Crippen LogP) is 2.37. The first-order chi connectivity index (χ1) is 9.79. The van der Waals surface area contributed by atoms with E-state index in [2.05, 4.69) is 9.71 Å². The zero-order valence-corrected chi connectivity index (χ0v) is 11.8. The van der Waals surface area contributed by atoms with E-state index in [1.807, 2.05) is 0 Å². The van der Waals surface area contributed by atoms with Crippen molar-refractivity contribution in [3.8, 4) is 0 Å². The van der Waals surface area contributed by atoms with Crippen molar-refractivity contribution in [2.24, 2.45) is 0 Å². The average molecular weight is 331 g/mol. The molecular weight excluding hydrogens is 323 g/mol. The minimum atomic E-state index is -4.02. The van der Waals surface area contributed by atoms with Crippen LogP contribution in [0, 0.1) is 5.82 Å². The molecule has 0 saturated heterocycles. The number of anilines is 1. The summed E-state index contributed by atoms with van der Waals surface area (Å²) in [6.07, 6.45) is 1.15. The van der Waals surface area contributed by atoms with E-state index < -0.39 is 21.8 Å². The molecule has 6 nitrogen and oxygen atoms in total. The fraction of sp³-hybridized carbons (Fsp3) is 0. The van der Waals surface area contributed by atoms with Gasteiger partial charge in [-0.2, -0.15) is 0 Å². The molecule has 2 aromatic rings. The van der Waals surface area contributed by atoms with Crippen LogP contribution in [0.1, 0.15) is 10.5 Å². The van der Waals surface area contributed by atoms with Gasteiger partial charge in [0, 0.05) is 6.20 Å². The molecule has 0 fully saturated rings. The Kier molecular flexibility index (Phi) is 4.10. The van der Waals surface area contributed by atoms with Crippen molar-refractivity contribution < 1.29 is 22.7 Å². The van der Waals surface area contributed by atoms with Crippen LogP contribution in [-0.4, -0.2) is 24.5 Å². The van der Waals surface area contributed by atoms with Gasteiger partial charge in [-0.3, -0.25) is 4.72 Å². The summed E-state index contributed by atoms with van der Waals surface area (Å²) in [6, 6.07) is 5.27. The van der Waals surface area contributed by atoms with Gasteiger partial charge in [-0.05, 0) is 30.3 Å². The molecule has 21 heavy (non-hydrogen) atoms. The van der Waals surface area contributed by atoms with Crippen molar-refractivity contribution in [2.45, 2.75) is 4.90 Å². The van der Waals surface area contributed by atoms with E-state index >= 15 is 0 Å². The maximum atomic E-state index is 13.0. The highest BCUT2D eigenvalue weighted by Crippen LogP contribution is 2.21. The number of nitrogens with zero attached hydrogens (tertiary/aromatic N) is 1. The highest BCUT2D eigenvalue weighted by molar-refractivity contribution is 7.92. The van der Waals surface area contributed by atoms with Gasteiger partial charge in [0.1, 0.15) is 11.5 Å². The van der Waals surface area contributed by atoms with Crippen LogP contribution in [0.4, 0.5) is 10.1 Å². The second-order valence-corrected chi connectivity index (χ2v) is 6.01. The zero-order valence-electron chi connectivity index (χ0n) is 10.2. The van der Waals surface area contributed by atoms with Gasteiger partial charge in [0.25, 0.3) is 10.0 Å². The molecular formula is C12H8ClFN2O4S. The Morgan fingerprint density at radius 2 is 2.00 bits per heavy atom. The number of nitrogens with one attached hydrogen (secondary N) is 1. The molecule has 0 aliphatic rings. The molecule has 9 heteroatoms. The summed E-state index contributed by atoms with van der Waals surface area (Å²) in [6.45, 7) is 0. The van der Waals surface area contributed by atoms with Gasteiger partial charge in [-0.1, -0.05) is 11.6 Å². The summed E-state index contributed by atoms with van der Waals surface area (Å²) in [5.74, 6) is -2.03. The minimum absolute atomic E-state index is 0.0165. The number of carbonyl (C=O) groups is 1. The molecule has 0 radical (unpaired) electrons. The van der Waals surface area contributed by atoms with E-state index in [1.54, 1.807) is 0 Å². The minimum Gasteiger partial charge on any atom is -0.477 e. The number of hydrogen-bond donors (Lipinski definition) is 2. The molecule has 1 heterocycles. The number of rotatable bonds is 4. The summed E-state index contributed by atoms with van der Waals surface area (Å²) < 4.78 is 39.4. The van der Waals surface area contributed by atoms with Gasteiger partial charge in [0.15, 0.2) is 0 Å². The third kappa shape index (κ3) is 3.47. The van der Waals surface area contributed by atoms with E-state index in [0.29, 0.717) is 0 Å². The number of pyridine rings is 1. The van der Waals surface area contributed by atoms with Gasteiger partial charge in [-0.25, -0.2) is 22.6 Å². The van der Waals surface area contributed by atoms with E-state index in [-0.39, 0.29) is 21.3 Å². The number of benzene rings is 1. The molecule has 0 aliphatic heterocycles. The van der Waals surface area contributed by atoms with Crippen LogP contribution < -0.4 is 4.72 Å². The lowest BCUT2D eigenvalue weighted by Gasteiger charge is -2.08. The fourth-order valence-corrected chi connectivity index (χ4v) is 2.79. The molecule has 0 saturated carbocycles. The molecule has 0 unspecified atom stereocenters. The summed E-state index contributed by atoms with van der Waals surface area (Å²) in [5, 5.41) is 8.46. The third-order valence-corrected chi connectivity index (χ3v) is 4.10. The third-order valence-electron chi connectivity index (χ3n) is 2.43. The predicted molar refractivity (Wildman–Crippen MR) is 73.4 cm³/mol. The summed E-state index contributed by atoms with van der Waals surface area (Å²) >= 11 is 5.53. The Balaban J connectivity index is 2.35. The Hall–Kier alpha value is -2.19. The van der Waals surface area contributed by atoms with Gasteiger partial charge < -0.3 is 5.11 Å². The first kappa shape index (κ1) is 15.2. The number of carboxylic acid groups (broad SMARTS) is 1. The van der Waals surface area contributed by atoms with Crippen molar-refractivity contribution in [2.75, 3.05) is 4.72 Å². The zero-order chi connectivity index (χ0) is 15.6. The molecule has 0 atom stereocenters. The monoisotopic (exact) mass is 330 g/mol. The highest BCUT2D eigenvalue weighted by Gasteiger charge is 2.17. The second-order valence-electron chi connectivity index (χ2n) is 3.92. The van der Waals surface area contributed by atoms with E-state index in [4.69, 9.17) is 16.7 Å². The second kappa shape index (κ2) is 5.66. The number of halogens is 2. The number of aromatic carboxylic acids is 1. The van der Waals surface area contributed by atoms with Crippen LogP contribution in [0.25, 0.3) is 0 Å². The maximum Gasteiger partial charge on any atom is 0.354 e. The number of hydrogen-bond acceptors (Lipinski definition) is 4. The van der Waals surface area contributed by atoms with Gasteiger partial charge >= 0.3 is 5.97 Å². The molecule has 110 valence electrons. The lowest BCUT2D eigenvalue weighted by Crippen LogP contribution is -2.14. The van der Waals surface area contributed by atoms with Gasteiger partial charge in [-0.15, -0.1) is 0 Å². The smallest absolute Gasteiger partial charge is 0.354 e. The van der Waals surface area contributed by atoms with E-state index in [9.17, 15) is 17.6 Å². The lowest BCUT2D eigenvalue weighted by atomic mass is 10.3. The van der Waals surface area contributed by atoms with Crippen molar-refractivity contribution in [1.82, 2.24) is 4.98 Å². The Morgan fingerprint density at radius 1 is 1.29 bits per heavy atom. The molecule has 2 rings (SSSR count). The van der Waals surface area contributed by atoms with Crippen LogP contribution >= 0.6 is 11.6 Å². The highest BCUT2D eigenvalue weighted by atomic mass is 35.5. The normalized spacial score (nSPS) is 11.1.